The number of ether oxygens (including phenoxy) is 1. The Bertz CT molecular complexity index is 587. The van der Waals surface area contributed by atoms with Crippen LogP contribution in [0.2, 0.25) is 5.02 Å². The molecule has 21 heavy (non-hydrogen) atoms. The molecule has 1 aromatic heterocycles. The molecule has 6 heteroatoms. The number of hydrogen-bond acceptors (Lipinski definition) is 4. The lowest BCUT2D eigenvalue weighted by Crippen LogP contribution is -2.13. The van der Waals surface area contributed by atoms with Crippen LogP contribution >= 0.6 is 22.9 Å². The van der Waals surface area contributed by atoms with Gasteiger partial charge in [-0.05, 0) is 36.1 Å². The summed E-state index contributed by atoms with van der Waals surface area (Å²) >= 11 is 7.53. The fourth-order valence-corrected chi connectivity index (χ4v) is 2.56. The van der Waals surface area contributed by atoms with Crippen LogP contribution in [0.4, 0.5) is 11.4 Å². The Balaban J connectivity index is 1.66. The summed E-state index contributed by atoms with van der Waals surface area (Å²) in [6, 6.07) is 9.01. The zero-order valence-electron chi connectivity index (χ0n) is 11.5. The summed E-state index contributed by atoms with van der Waals surface area (Å²) in [6.45, 7) is 1.15. The van der Waals surface area contributed by atoms with Crippen molar-refractivity contribution in [2.24, 2.45) is 0 Å². The number of anilines is 2. The third-order valence-electron chi connectivity index (χ3n) is 2.81. The molecule has 0 unspecified atom stereocenters. The maximum atomic E-state index is 11.8. The highest BCUT2D eigenvalue weighted by molar-refractivity contribution is 7.09. The fourth-order valence-electron chi connectivity index (χ4n) is 1.75. The summed E-state index contributed by atoms with van der Waals surface area (Å²) in [7, 11) is 0. The molecule has 0 aliphatic carbocycles. The van der Waals surface area contributed by atoms with Gasteiger partial charge in [0.25, 0.3) is 0 Å². The van der Waals surface area contributed by atoms with Crippen molar-refractivity contribution in [3.8, 4) is 0 Å². The number of benzene rings is 1. The van der Waals surface area contributed by atoms with E-state index < -0.39 is 0 Å². The molecule has 0 aliphatic heterocycles. The zero-order valence-corrected chi connectivity index (χ0v) is 13.0. The molecular weight excluding hydrogens is 308 g/mol. The van der Waals surface area contributed by atoms with Gasteiger partial charge in [0.15, 0.2) is 0 Å². The van der Waals surface area contributed by atoms with Crippen LogP contribution in [0.25, 0.3) is 0 Å². The number of carbonyl (C=O) groups is 1. The highest BCUT2D eigenvalue weighted by Gasteiger charge is 2.06. The van der Waals surface area contributed by atoms with Gasteiger partial charge >= 0.3 is 0 Å². The first-order valence-corrected chi connectivity index (χ1v) is 7.86. The molecule has 0 radical (unpaired) electrons. The van der Waals surface area contributed by atoms with Gasteiger partial charge in [-0.3, -0.25) is 4.79 Å². The first-order valence-electron chi connectivity index (χ1n) is 6.60. The highest BCUT2D eigenvalue weighted by atomic mass is 35.5. The van der Waals surface area contributed by atoms with Crippen LogP contribution in [0.15, 0.2) is 35.7 Å². The number of nitrogens with one attached hydrogen (secondary N) is 1. The number of amides is 1. The molecule has 0 atom stereocenters. The SMILES string of the molecule is Nc1ccc(Cl)cc1NC(=O)CCCOCc1cccs1. The average molecular weight is 325 g/mol. The zero-order chi connectivity index (χ0) is 15.1. The lowest BCUT2D eigenvalue weighted by atomic mass is 10.2. The smallest absolute Gasteiger partial charge is 0.224 e. The van der Waals surface area contributed by atoms with E-state index in [1.807, 2.05) is 17.5 Å². The van der Waals surface area contributed by atoms with Crippen molar-refractivity contribution < 1.29 is 9.53 Å². The largest absolute Gasteiger partial charge is 0.397 e. The number of carbonyl (C=O) groups excluding carboxylic acids is 1. The second-order valence-electron chi connectivity index (χ2n) is 4.52. The minimum absolute atomic E-state index is 0.0938. The molecule has 1 amide bonds. The maximum absolute atomic E-state index is 11.8. The van der Waals surface area contributed by atoms with Crippen molar-refractivity contribution in [1.82, 2.24) is 0 Å². The van der Waals surface area contributed by atoms with Gasteiger partial charge in [-0.15, -0.1) is 11.3 Å². The van der Waals surface area contributed by atoms with Gasteiger partial charge in [0.2, 0.25) is 5.91 Å². The minimum atomic E-state index is -0.0938. The second kappa shape index (κ2) is 8.02. The second-order valence-corrected chi connectivity index (χ2v) is 5.98. The molecule has 0 spiro atoms. The van der Waals surface area contributed by atoms with Crippen molar-refractivity contribution in [2.45, 2.75) is 19.4 Å². The van der Waals surface area contributed by atoms with Crippen molar-refractivity contribution in [2.75, 3.05) is 17.7 Å². The van der Waals surface area contributed by atoms with E-state index in [9.17, 15) is 4.79 Å². The van der Waals surface area contributed by atoms with Gasteiger partial charge < -0.3 is 15.8 Å². The van der Waals surface area contributed by atoms with Crippen LogP contribution in [-0.4, -0.2) is 12.5 Å². The first-order chi connectivity index (χ1) is 10.1. The Labute approximate surface area is 132 Å². The first kappa shape index (κ1) is 15.8. The molecule has 4 nitrogen and oxygen atoms in total. The summed E-state index contributed by atoms with van der Waals surface area (Å²) in [5.74, 6) is -0.0938. The number of nitrogen functional groups attached to an aromatic ring is 1. The number of halogens is 1. The third kappa shape index (κ3) is 5.38. The standard InChI is InChI=1S/C15H17ClN2O2S/c16-11-5-6-13(17)14(9-11)18-15(19)4-1-7-20-10-12-3-2-8-21-12/h2-3,5-6,8-9H,1,4,7,10,17H2,(H,18,19). The van der Waals surface area contributed by atoms with Crippen LogP contribution in [0.5, 0.6) is 0 Å². The molecule has 0 fully saturated rings. The third-order valence-corrected chi connectivity index (χ3v) is 3.89. The maximum Gasteiger partial charge on any atom is 0.224 e. The van der Waals surface area contributed by atoms with Crippen LogP contribution < -0.4 is 11.1 Å². The van der Waals surface area contributed by atoms with Gasteiger partial charge in [-0.25, -0.2) is 0 Å². The molecule has 0 bridgehead atoms. The van der Waals surface area contributed by atoms with Crippen LogP contribution in [0.1, 0.15) is 17.7 Å². The van der Waals surface area contributed by atoms with E-state index in [2.05, 4.69) is 5.32 Å². The van der Waals surface area contributed by atoms with Crippen LogP contribution in [0, 0.1) is 0 Å². The molecule has 0 aliphatic rings. The number of thiophene rings is 1. The molecule has 3 N–H and O–H groups in total. The number of rotatable bonds is 7. The van der Waals surface area contributed by atoms with Gasteiger partial charge in [0.05, 0.1) is 18.0 Å². The summed E-state index contributed by atoms with van der Waals surface area (Å²) in [5, 5.41) is 5.31. The van der Waals surface area contributed by atoms with E-state index in [0.717, 1.165) is 0 Å². The summed E-state index contributed by atoms with van der Waals surface area (Å²) in [4.78, 5) is 13.0. The van der Waals surface area contributed by atoms with Crippen LogP contribution in [-0.2, 0) is 16.1 Å². The summed E-state index contributed by atoms with van der Waals surface area (Å²) in [5.41, 5.74) is 6.82. The number of hydrogen-bond donors (Lipinski definition) is 2. The quantitative estimate of drug-likeness (QED) is 0.599. The van der Waals surface area contributed by atoms with E-state index in [-0.39, 0.29) is 5.91 Å². The molecule has 2 rings (SSSR count). The van der Waals surface area contributed by atoms with Gasteiger partial charge in [-0.2, -0.15) is 0 Å². The van der Waals surface area contributed by atoms with Gasteiger partial charge in [0.1, 0.15) is 0 Å². The minimum Gasteiger partial charge on any atom is -0.397 e. The predicted molar refractivity (Wildman–Crippen MR) is 87.7 cm³/mol. The van der Waals surface area contributed by atoms with Crippen molar-refractivity contribution in [3.05, 3.63) is 45.6 Å². The molecule has 0 saturated heterocycles. The monoisotopic (exact) mass is 324 g/mol. The normalized spacial score (nSPS) is 10.5. The highest BCUT2D eigenvalue weighted by Crippen LogP contribution is 2.23. The van der Waals surface area contributed by atoms with E-state index in [1.54, 1.807) is 29.5 Å². The van der Waals surface area contributed by atoms with E-state index in [0.29, 0.717) is 42.5 Å². The number of nitrogens with two attached hydrogens (primary N) is 1. The van der Waals surface area contributed by atoms with Crippen LogP contribution in [0.3, 0.4) is 0 Å². The Kier molecular flexibility index (Phi) is 6.04. The summed E-state index contributed by atoms with van der Waals surface area (Å²) in [6.07, 6.45) is 1.05. The molecular formula is C15H17ClN2O2S. The van der Waals surface area contributed by atoms with Gasteiger partial charge in [-0.1, -0.05) is 17.7 Å². The molecule has 0 saturated carbocycles. The lowest BCUT2D eigenvalue weighted by molar-refractivity contribution is -0.116. The topological polar surface area (TPSA) is 64.3 Å². The predicted octanol–water partition coefficient (Wildman–Crippen LogP) is 3.92. The Morgan fingerprint density at radius 2 is 2.24 bits per heavy atom. The molecule has 1 aromatic carbocycles. The van der Waals surface area contributed by atoms with E-state index >= 15 is 0 Å². The Hall–Kier alpha value is -1.56. The van der Waals surface area contributed by atoms with E-state index in [4.69, 9.17) is 22.1 Å². The fraction of sp³-hybridized carbons (Fsp3) is 0.267. The molecule has 112 valence electrons. The van der Waals surface area contributed by atoms with Crippen molar-refractivity contribution >= 4 is 40.2 Å². The molecule has 2 aromatic rings. The molecule has 1 heterocycles. The Morgan fingerprint density at radius 3 is 3.00 bits per heavy atom. The van der Waals surface area contributed by atoms with Gasteiger partial charge in [0, 0.05) is 22.9 Å². The average Bonchev–Trinajstić information content (AvgIpc) is 2.96. The van der Waals surface area contributed by atoms with Crippen molar-refractivity contribution in [3.63, 3.8) is 0 Å². The lowest BCUT2D eigenvalue weighted by Gasteiger charge is -2.08. The Morgan fingerprint density at radius 1 is 1.38 bits per heavy atom. The van der Waals surface area contributed by atoms with E-state index in [1.165, 1.54) is 4.88 Å². The summed E-state index contributed by atoms with van der Waals surface area (Å²) < 4.78 is 5.51. The van der Waals surface area contributed by atoms with Crippen molar-refractivity contribution in [1.29, 1.82) is 0 Å².